The maximum Gasteiger partial charge on any atom is 0.347 e. The maximum absolute atomic E-state index is 13.0. The summed E-state index contributed by atoms with van der Waals surface area (Å²) in [5.74, 6) is -1.78. The molecule has 2 fully saturated rings. The number of carbonyl (C=O) groups is 3. The van der Waals surface area contributed by atoms with E-state index in [9.17, 15) is 24.6 Å². The van der Waals surface area contributed by atoms with E-state index in [1.54, 1.807) is 13.8 Å². The first-order valence-corrected chi connectivity index (χ1v) is 14.2. The van der Waals surface area contributed by atoms with Gasteiger partial charge in [-0.05, 0) is 56.9 Å². The van der Waals surface area contributed by atoms with Gasteiger partial charge in [0.1, 0.15) is 11.7 Å². The van der Waals surface area contributed by atoms with Gasteiger partial charge < -0.3 is 29.2 Å². The summed E-state index contributed by atoms with van der Waals surface area (Å²) in [5, 5.41) is 23.1. The van der Waals surface area contributed by atoms with E-state index in [0.29, 0.717) is 18.4 Å². The molecule has 2 saturated heterocycles. The van der Waals surface area contributed by atoms with Crippen LogP contribution < -0.4 is 0 Å². The molecule has 0 radical (unpaired) electrons. The van der Waals surface area contributed by atoms with E-state index in [0.717, 1.165) is 18.4 Å². The number of aliphatic hydroxyl groups is 2. The van der Waals surface area contributed by atoms with Crippen molar-refractivity contribution in [2.45, 2.75) is 116 Å². The second-order valence-electron chi connectivity index (χ2n) is 11.7. The molecule has 10 unspecified atom stereocenters. The summed E-state index contributed by atoms with van der Waals surface area (Å²) < 4.78 is 23.1. The van der Waals surface area contributed by atoms with E-state index in [-0.39, 0.29) is 55.2 Å². The Morgan fingerprint density at radius 2 is 1.97 bits per heavy atom. The highest BCUT2D eigenvalue weighted by Crippen LogP contribution is 2.54. The van der Waals surface area contributed by atoms with Crippen molar-refractivity contribution in [1.29, 1.82) is 0 Å². The summed E-state index contributed by atoms with van der Waals surface area (Å²) in [4.78, 5) is 36.6. The molecule has 2 bridgehead atoms. The number of allylic oxidation sites excluding steroid dienone is 1. The fourth-order valence-corrected chi connectivity index (χ4v) is 6.51. The lowest BCUT2D eigenvalue weighted by Crippen LogP contribution is -2.57. The Morgan fingerprint density at radius 3 is 2.59 bits per heavy atom. The molecule has 0 aromatic rings. The van der Waals surface area contributed by atoms with Gasteiger partial charge in [0.05, 0.1) is 24.9 Å². The first kappa shape index (κ1) is 31.3. The first-order chi connectivity index (χ1) is 18.3. The molecule has 9 nitrogen and oxygen atoms in total. The Balaban J connectivity index is 1.95. The van der Waals surface area contributed by atoms with Crippen LogP contribution >= 0.6 is 0 Å². The zero-order valence-corrected chi connectivity index (χ0v) is 24.2. The Labute approximate surface area is 231 Å². The predicted molar refractivity (Wildman–Crippen MR) is 143 cm³/mol. The highest BCUT2D eigenvalue weighted by Gasteiger charge is 2.60. The quantitative estimate of drug-likeness (QED) is 0.251. The molecule has 0 spiro atoms. The predicted octanol–water partition coefficient (Wildman–Crippen LogP) is 3.65. The SMILES string of the molecule is C=C1CC2OC(C3C(C(C)COC(=O)CCC)CC=C(C)C23)C(C)(O)C(OC(=O)C(CC)OC(C)=O)CC1O. The molecule has 0 saturated carbocycles. The molecular formula is C30H46O9. The molecule has 10 atom stereocenters. The summed E-state index contributed by atoms with van der Waals surface area (Å²) >= 11 is 0. The van der Waals surface area contributed by atoms with Crippen LogP contribution in [0.15, 0.2) is 23.8 Å². The van der Waals surface area contributed by atoms with Gasteiger partial charge in [0.25, 0.3) is 0 Å². The van der Waals surface area contributed by atoms with Gasteiger partial charge in [-0.15, -0.1) is 0 Å². The van der Waals surface area contributed by atoms with E-state index in [2.05, 4.69) is 19.6 Å². The van der Waals surface area contributed by atoms with Crippen LogP contribution in [0.1, 0.15) is 80.1 Å². The summed E-state index contributed by atoms with van der Waals surface area (Å²) in [7, 11) is 0. The summed E-state index contributed by atoms with van der Waals surface area (Å²) in [5.41, 5.74) is 0.00995. The van der Waals surface area contributed by atoms with Gasteiger partial charge in [0, 0.05) is 31.6 Å². The van der Waals surface area contributed by atoms with Crippen LogP contribution in [0.4, 0.5) is 0 Å². The molecule has 1 aliphatic carbocycles. The molecule has 3 aliphatic rings. The van der Waals surface area contributed by atoms with Crippen molar-refractivity contribution in [3.8, 4) is 0 Å². The molecule has 0 aromatic heterocycles. The second kappa shape index (κ2) is 13.0. The van der Waals surface area contributed by atoms with Crippen molar-refractivity contribution in [1.82, 2.24) is 0 Å². The Kier molecular flexibility index (Phi) is 10.4. The molecule has 2 aliphatic heterocycles. The van der Waals surface area contributed by atoms with Gasteiger partial charge in [0.2, 0.25) is 0 Å². The molecule has 2 heterocycles. The topological polar surface area (TPSA) is 129 Å². The van der Waals surface area contributed by atoms with Crippen LogP contribution in [0.3, 0.4) is 0 Å². The minimum atomic E-state index is -1.68. The van der Waals surface area contributed by atoms with E-state index >= 15 is 0 Å². The smallest absolute Gasteiger partial charge is 0.347 e. The minimum absolute atomic E-state index is 0.00511. The lowest BCUT2D eigenvalue weighted by molar-refractivity contribution is -0.202. The number of hydrogen-bond donors (Lipinski definition) is 2. The van der Waals surface area contributed by atoms with Gasteiger partial charge in [-0.1, -0.05) is 39.0 Å². The highest BCUT2D eigenvalue weighted by molar-refractivity contribution is 5.78. The number of hydrogen-bond acceptors (Lipinski definition) is 9. The normalized spacial score (nSPS) is 35.8. The van der Waals surface area contributed by atoms with Crippen LogP contribution in [0.5, 0.6) is 0 Å². The second-order valence-corrected chi connectivity index (χ2v) is 11.7. The van der Waals surface area contributed by atoms with Crippen molar-refractivity contribution in [2.24, 2.45) is 23.7 Å². The maximum atomic E-state index is 13.0. The highest BCUT2D eigenvalue weighted by atomic mass is 16.6. The monoisotopic (exact) mass is 550 g/mol. The molecule has 9 heteroatoms. The summed E-state index contributed by atoms with van der Waals surface area (Å²) in [6.45, 7) is 14.9. The van der Waals surface area contributed by atoms with Crippen LogP contribution in [-0.2, 0) is 33.3 Å². The fraction of sp³-hybridized carbons (Fsp3) is 0.767. The number of carbonyl (C=O) groups excluding carboxylic acids is 3. The Bertz CT molecular complexity index is 954. The van der Waals surface area contributed by atoms with Crippen molar-refractivity contribution < 1.29 is 43.5 Å². The van der Waals surface area contributed by atoms with Crippen LogP contribution in [0, 0.1) is 23.7 Å². The lowest BCUT2D eigenvalue weighted by Gasteiger charge is -2.45. The van der Waals surface area contributed by atoms with E-state index < -0.39 is 42.0 Å². The Hall–Kier alpha value is -2.23. The van der Waals surface area contributed by atoms with Crippen molar-refractivity contribution in [3.63, 3.8) is 0 Å². The van der Waals surface area contributed by atoms with Crippen LogP contribution in [0.25, 0.3) is 0 Å². The van der Waals surface area contributed by atoms with Crippen molar-refractivity contribution >= 4 is 17.9 Å². The van der Waals surface area contributed by atoms with Crippen LogP contribution in [-0.4, -0.2) is 70.8 Å². The van der Waals surface area contributed by atoms with E-state index in [1.807, 2.05) is 13.8 Å². The standard InChI is InChI=1S/C30H46O9/c1-8-10-25(33)36-15-18(5)20-12-11-16(3)26-23-13-17(4)21(32)14-24(30(7,35)28(38-23)27(20)26)39-29(34)22(9-2)37-19(6)31/h11,18,20-24,26-28,32,35H,4,8-10,12-15H2,1-3,5-7H3. The summed E-state index contributed by atoms with van der Waals surface area (Å²) in [6.07, 6.45) is 0.221. The molecule has 39 heavy (non-hydrogen) atoms. The number of aliphatic hydroxyl groups excluding tert-OH is 1. The van der Waals surface area contributed by atoms with Gasteiger partial charge in [-0.3, -0.25) is 9.59 Å². The third-order valence-electron chi connectivity index (χ3n) is 8.71. The molecule has 0 aromatic carbocycles. The average molecular weight is 551 g/mol. The molecule has 3 rings (SSSR count). The van der Waals surface area contributed by atoms with Crippen LogP contribution in [0.2, 0.25) is 0 Å². The Morgan fingerprint density at radius 1 is 1.28 bits per heavy atom. The molecular weight excluding hydrogens is 504 g/mol. The van der Waals surface area contributed by atoms with E-state index in [1.165, 1.54) is 6.92 Å². The van der Waals surface area contributed by atoms with Gasteiger partial charge >= 0.3 is 17.9 Å². The summed E-state index contributed by atoms with van der Waals surface area (Å²) in [6, 6.07) is 0. The third kappa shape index (κ3) is 6.92. The molecule has 220 valence electrons. The molecule has 2 N–H and O–H groups in total. The number of rotatable bonds is 9. The number of ether oxygens (including phenoxy) is 4. The average Bonchev–Trinajstić information content (AvgIpc) is 3.26. The van der Waals surface area contributed by atoms with Gasteiger partial charge in [-0.25, -0.2) is 4.79 Å². The van der Waals surface area contributed by atoms with Gasteiger partial charge in [-0.2, -0.15) is 0 Å². The molecule has 0 amide bonds. The first-order valence-electron chi connectivity index (χ1n) is 14.2. The van der Waals surface area contributed by atoms with Crippen molar-refractivity contribution in [2.75, 3.05) is 6.61 Å². The minimum Gasteiger partial charge on any atom is -0.465 e. The van der Waals surface area contributed by atoms with Crippen molar-refractivity contribution in [3.05, 3.63) is 23.8 Å². The largest absolute Gasteiger partial charge is 0.465 e. The fourth-order valence-electron chi connectivity index (χ4n) is 6.51. The zero-order valence-electron chi connectivity index (χ0n) is 24.2. The number of fused-ring (bicyclic) bond motifs is 5. The zero-order chi connectivity index (χ0) is 29.1. The number of esters is 3. The third-order valence-corrected chi connectivity index (χ3v) is 8.71. The van der Waals surface area contributed by atoms with Gasteiger partial charge in [0.15, 0.2) is 6.10 Å². The van der Waals surface area contributed by atoms with E-state index in [4.69, 9.17) is 18.9 Å². The lowest BCUT2D eigenvalue weighted by atomic mass is 9.62.